The number of hydrogen-bond donors (Lipinski definition) is 0. The number of thiazole rings is 1. The summed E-state index contributed by atoms with van der Waals surface area (Å²) in [5, 5.41) is 10.5. The SMILES string of the molecule is CCOC(=O)CN1CCN(c2ncc(-c3ccc4nc(CC)c(N(C)c5nc(-c6ccc(F)cc6)c(C#N)s5)n4c3)cn2)CC1. The molecule has 0 aliphatic carbocycles. The van der Waals surface area contributed by atoms with Gasteiger partial charge in [-0.2, -0.15) is 5.26 Å². The monoisotopic (exact) mass is 625 g/mol. The summed E-state index contributed by atoms with van der Waals surface area (Å²) in [5.74, 6) is 0.956. The van der Waals surface area contributed by atoms with Crippen LogP contribution in [0.25, 0.3) is 28.0 Å². The first-order chi connectivity index (χ1) is 21.9. The molecule has 11 nitrogen and oxygen atoms in total. The fourth-order valence-electron chi connectivity index (χ4n) is 5.39. The topological polar surface area (TPSA) is 116 Å². The number of piperazine rings is 1. The van der Waals surface area contributed by atoms with Crippen molar-refractivity contribution >= 4 is 39.9 Å². The Bertz CT molecular complexity index is 1860. The molecule has 1 fully saturated rings. The molecule has 0 radical (unpaired) electrons. The molecule has 0 N–H and O–H groups in total. The first kappa shape index (κ1) is 30.1. The van der Waals surface area contributed by atoms with Gasteiger partial charge in [-0.15, -0.1) is 0 Å². The summed E-state index contributed by atoms with van der Waals surface area (Å²) >= 11 is 1.28. The largest absolute Gasteiger partial charge is 0.465 e. The number of nitrogens with zero attached hydrogens (tertiary/aromatic N) is 9. The number of imidazole rings is 1. The zero-order chi connectivity index (χ0) is 31.5. The third-order valence-corrected chi connectivity index (χ3v) is 8.76. The van der Waals surface area contributed by atoms with E-state index in [1.165, 1.54) is 23.5 Å². The predicted octanol–water partition coefficient (Wildman–Crippen LogP) is 4.94. The number of carbonyl (C=O) groups is 1. The van der Waals surface area contributed by atoms with Crippen LogP contribution in [0.4, 0.5) is 21.3 Å². The molecule has 5 heterocycles. The molecular weight excluding hydrogens is 593 g/mol. The van der Waals surface area contributed by atoms with Gasteiger partial charge in [0.25, 0.3) is 0 Å². The number of esters is 1. The molecule has 0 bridgehead atoms. The van der Waals surface area contributed by atoms with Crippen molar-refractivity contribution in [3.8, 4) is 28.5 Å². The van der Waals surface area contributed by atoms with Crippen LogP contribution in [0.5, 0.6) is 0 Å². The van der Waals surface area contributed by atoms with Crippen molar-refractivity contribution in [2.24, 2.45) is 0 Å². The van der Waals surface area contributed by atoms with Crippen LogP contribution in [0.15, 0.2) is 55.0 Å². The molecule has 4 aromatic heterocycles. The lowest BCUT2D eigenvalue weighted by molar-refractivity contribution is -0.144. The van der Waals surface area contributed by atoms with Gasteiger partial charge in [0.05, 0.1) is 18.8 Å². The smallest absolute Gasteiger partial charge is 0.320 e. The average Bonchev–Trinajstić information content (AvgIpc) is 3.67. The Kier molecular flexibility index (Phi) is 8.68. The van der Waals surface area contributed by atoms with Crippen molar-refractivity contribution in [2.45, 2.75) is 20.3 Å². The van der Waals surface area contributed by atoms with Crippen molar-refractivity contribution in [2.75, 3.05) is 56.2 Å². The molecule has 0 spiro atoms. The minimum atomic E-state index is -0.343. The molecule has 1 aromatic carbocycles. The number of carbonyl (C=O) groups excluding carboxylic acids is 1. The summed E-state index contributed by atoms with van der Waals surface area (Å²) in [6.45, 7) is 7.47. The first-order valence-electron chi connectivity index (χ1n) is 14.7. The molecule has 1 aliphatic heterocycles. The van der Waals surface area contributed by atoms with E-state index in [0.29, 0.717) is 46.8 Å². The Morgan fingerprint density at radius 1 is 1.02 bits per heavy atom. The number of aryl methyl sites for hydroxylation is 1. The number of pyridine rings is 1. The van der Waals surface area contributed by atoms with Crippen LogP contribution in [0.2, 0.25) is 0 Å². The zero-order valence-corrected chi connectivity index (χ0v) is 26.1. The van der Waals surface area contributed by atoms with Gasteiger partial charge in [-0.3, -0.25) is 14.1 Å². The number of hydrogen-bond acceptors (Lipinski definition) is 11. The first-order valence-corrected chi connectivity index (χ1v) is 15.6. The van der Waals surface area contributed by atoms with Crippen LogP contribution in [0.3, 0.4) is 0 Å². The highest BCUT2D eigenvalue weighted by atomic mass is 32.1. The molecule has 1 saturated heterocycles. The average molecular weight is 626 g/mol. The Morgan fingerprint density at radius 3 is 2.40 bits per heavy atom. The Morgan fingerprint density at radius 2 is 1.73 bits per heavy atom. The Hall–Kier alpha value is -4.93. The van der Waals surface area contributed by atoms with Gasteiger partial charge < -0.3 is 14.5 Å². The second kappa shape index (κ2) is 13.0. The highest BCUT2D eigenvalue weighted by Crippen LogP contribution is 2.37. The van der Waals surface area contributed by atoms with Gasteiger partial charge in [0, 0.05) is 68.5 Å². The summed E-state index contributed by atoms with van der Waals surface area (Å²) in [7, 11) is 1.91. The number of fused-ring (bicyclic) bond motifs is 1. The quantitative estimate of drug-likeness (QED) is 0.209. The molecular formula is C32H32FN9O2S. The second-order valence-electron chi connectivity index (χ2n) is 10.6. The number of anilines is 3. The van der Waals surface area contributed by atoms with Crippen LogP contribution < -0.4 is 9.80 Å². The third kappa shape index (κ3) is 6.20. The lowest BCUT2D eigenvalue weighted by Gasteiger charge is -2.34. The molecule has 0 atom stereocenters. The van der Waals surface area contributed by atoms with Gasteiger partial charge >= 0.3 is 5.97 Å². The van der Waals surface area contributed by atoms with Crippen molar-refractivity contribution in [3.63, 3.8) is 0 Å². The fraction of sp³-hybridized carbons (Fsp3) is 0.312. The molecule has 13 heteroatoms. The van der Waals surface area contributed by atoms with E-state index in [0.717, 1.165) is 54.5 Å². The van der Waals surface area contributed by atoms with Gasteiger partial charge in [0.2, 0.25) is 5.95 Å². The molecule has 6 rings (SSSR count). The maximum atomic E-state index is 13.5. The maximum Gasteiger partial charge on any atom is 0.320 e. The summed E-state index contributed by atoms with van der Waals surface area (Å²) in [6.07, 6.45) is 6.36. The van der Waals surface area contributed by atoms with E-state index in [-0.39, 0.29) is 11.8 Å². The standard InChI is InChI=1S/C32H32FN9O2S/c1-4-25-30(39(3)32-38-29(26(16-34)45-32)21-6-9-24(33)10-7-21)42-19-22(8-11-27(42)37-25)23-17-35-31(36-18-23)41-14-12-40(13-15-41)20-28(43)44-5-2/h6-11,17-19H,4-5,12-15,20H2,1-3H3. The number of benzene rings is 1. The highest BCUT2D eigenvalue weighted by Gasteiger charge is 2.23. The molecule has 45 heavy (non-hydrogen) atoms. The highest BCUT2D eigenvalue weighted by molar-refractivity contribution is 7.16. The van der Waals surface area contributed by atoms with E-state index in [1.54, 1.807) is 12.1 Å². The van der Waals surface area contributed by atoms with Crippen LogP contribution in [-0.4, -0.2) is 81.6 Å². The molecule has 5 aromatic rings. The predicted molar refractivity (Wildman–Crippen MR) is 171 cm³/mol. The van der Waals surface area contributed by atoms with Gasteiger partial charge in [0.1, 0.15) is 33.9 Å². The third-order valence-electron chi connectivity index (χ3n) is 7.72. The molecule has 0 amide bonds. The number of rotatable bonds is 9. The lowest BCUT2D eigenvalue weighted by atomic mass is 10.1. The van der Waals surface area contributed by atoms with E-state index in [4.69, 9.17) is 14.7 Å². The molecule has 230 valence electrons. The van der Waals surface area contributed by atoms with E-state index in [9.17, 15) is 14.4 Å². The van der Waals surface area contributed by atoms with Crippen molar-refractivity contribution in [1.82, 2.24) is 29.2 Å². The zero-order valence-electron chi connectivity index (χ0n) is 25.3. The van der Waals surface area contributed by atoms with Crippen molar-refractivity contribution < 1.29 is 13.9 Å². The Balaban J connectivity index is 1.24. The summed E-state index contributed by atoms with van der Waals surface area (Å²) in [6, 6.07) is 12.2. The lowest BCUT2D eigenvalue weighted by Crippen LogP contribution is -2.48. The van der Waals surface area contributed by atoms with E-state index < -0.39 is 0 Å². The van der Waals surface area contributed by atoms with Gasteiger partial charge in [-0.1, -0.05) is 18.3 Å². The summed E-state index contributed by atoms with van der Waals surface area (Å²) in [5.41, 5.74) is 4.66. The molecule has 1 aliphatic rings. The van der Waals surface area contributed by atoms with Gasteiger partial charge in [-0.25, -0.2) is 24.3 Å². The number of halogens is 1. The second-order valence-corrected chi connectivity index (χ2v) is 11.6. The molecule has 0 saturated carbocycles. The number of ether oxygens (including phenoxy) is 1. The molecule has 0 unspecified atom stereocenters. The fourth-order valence-corrected chi connectivity index (χ4v) is 6.24. The summed E-state index contributed by atoms with van der Waals surface area (Å²) in [4.78, 5) is 37.4. The van der Waals surface area contributed by atoms with Crippen LogP contribution in [0.1, 0.15) is 24.4 Å². The van der Waals surface area contributed by atoms with Crippen LogP contribution in [0, 0.1) is 17.1 Å². The van der Waals surface area contributed by atoms with Gasteiger partial charge in [-0.05, 0) is 49.7 Å². The maximum absolute atomic E-state index is 13.5. The van der Waals surface area contributed by atoms with Crippen LogP contribution >= 0.6 is 11.3 Å². The van der Waals surface area contributed by atoms with Gasteiger partial charge in [0.15, 0.2) is 5.13 Å². The van der Waals surface area contributed by atoms with E-state index in [2.05, 4.69) is 32.8 Å². The number of nitriles is 1. The van der Waals surface area contributed by atoms with E-state index >= 15 is 0 Å². The minimum absolute atomic E-state index is 0.199. The normalized spacial score (nSPS) is 13.6. The van der Waals surface area contributed by atoms with E-state index in [1.807, 2.05) is 54.0 Å². The van der Waals surface area contributed by atoms with Crippen molar-refractivity contribution in [1.29, 1.82) is 5.26 Å². The number of aromatic nitrogens is 5. The minimum Gasteiger partial charge on any atom is -0.465 e. The van der Waals surface area contributed by atoms with Crippen molar-refractivity contribution in [3.05, 3.63) is 71.4 Å². The van der Waals surface area contributed by atoms with Crippen LogP contribution in [-0.2, 0) is 16.0 Å². The summed E-state index contributed by atoms with van der Waals surface area (Å²) < 4.78 is 20.6. The Labute approximate surface area is 264 Å².